The van der Waals surface area contributed by atoms with Crippen LogP contribution in [0.1, 0.15) is 55.0 Å². The molecule has 0 radical (unpaired) electrons. The molecule has 32 heavy (non-hydrogen) atoms. The summed E-state index contributed by atoms with van der Waals surface area (Å²) in [5.74, 6) is 0.550. The van der Waals surface area contributed by atoms with Crippen molar-refractivity contribution >= 4 is 17.7 Å². The number of aromatic nitrogens is 2. The number of carbonyl (C=O) groups is 2. The lowest BCUT2D eigenvalue weighted by Gasteiger charge is -2.27. The van der Waals surface area contributed by atoms with Gasteiger partial charge in [0.2, 0.25) is 5.91 Å². The minimum absolute atomic E-state index is 0.0270. The summed E-state index contributed by atoms with van der Waals surface area (Å²) in [5, 5.41) is 12.8. The number of methoxy groups -OCH3 is 1. The van der Waals surface area contributed by atoms with Gasteiger partial charge in [0.25, 0.3) is 0 Å². The van der Waals surface area contributed by atoms with Gasteiger partial charge in [-0.25, -0.2) is 4.98 Å². The van der Waals surface area contributed by atoms with Crippen LogP contribution >= 0.6 is 0 Å². The Bertz CT molecular complexity index is 980. The van der Waals surface area contributed by atoms with Gasteiger partial charge in [-0.1, -0.05) is 6.07 Å². The van der Waals surface area contributed by atoms with Crippen LogP contribution in [0.25, 0.3) is 0 Å². The van der Waals surface area contributed by atoms with Gasteiger partial charge in [0.05, 0.1) is 25.8 Å². The van der Waals surface area contributed by atoms with Gasteiger partial charge in [-0.15, -0.1) is 0 Å². The Hall–Kier alpha value is -3.16. The molecule has 0 saturated carbocycles. The Morgan fingerprint density at radius 1 is 1.38 bits per heavy atom. The summed E-state index contributed by atoms with van der Waals surface area (Å²) in [6, 6.07) is 5.47. The van der Waals surface area contributed by atoms with E-state index in [-0.39, 0.29) is 18.2 Å². The second kappa shape index (κ2) is 9.97. The van der Waals surface area contributed by atoms with Gasteiger partial charge in [-0.3, -0.25) is 14.6 Å². The van der Waals surface area contributed by atoms with Crippen molar-refractivity contribution in [1.82, 2.24) is 14.9 Å². The average molecular weight is 439 g/mol. The third-order valence-corrected chi connectivity index (χ3v) is 6.39. The normalized spacial score (nSPS) is 18.7. The van der Waals surface area contributed by atoms with Crippen LogP contribution in [0.15, 0.2) is 30.6 Å². The first-order valence-corrected chi connectivity index (χ1v) is 11.3. The maximum absolute atomic E-state index is 13.1. The molecule has 0 bridgehead atoms. The Balaban J connectivity index is 1.38. The topological polar surface area (TPSA) is 105 Å². The first-order chi connectivity index (χ1) is 15.5. The van der Waals surface area contributed by atoms with Gasteiger partial charge in [0.1, 0.15) is 11.6 Å². The molecule has 2 aliphatic rings. The molecule has 4 rings (SSSR count). The number of nitrogens with zero attached hydrogens (tertiary/aromatic N) is 3. The maximum Gasteiger partial charge on any atom is 0.305 e. The highest BCUT2D eigenvalue weighted by Crippen LogP contribution is 2.34. The zero-order valence-electron chi connectivity index (χ0n) is 18.4. The molecule has 1 amide bonds. The van der Waals surface area contributed by atoms with Gasteiger partial charge < -0.3 is 20.1 Å². The van der Waals surface area contributed by atoms with Crippen LogP contribution in [0.2, 0.25) is 0 Å². The van der Waals surface area contributed by atoms with Crippen LogP contribution in [0.4, 0.5) is 5.82 Å². The lowest BCUT2D eigenvalue weighted by atomic mass is 9.98. The number of hydrogen-bond donors (Lipinski definition) is 2. The molecule has 1 fully saturated rings. The van der Waals surface area contributed by atoms with Crippen LogP contribution in [0.3, 0.4) is 0 Å². The van der Waals surface area contributed by atoms with Gasteiger partial charge in [0.15, 0.2) is 0 Å². The van der Waals surface area contributed by atoms with Crippen molar-refractivity contribution in [3.63, 3.8) is 0 Å². The molecule has 2 aromatic rings. The number of ether oxygens (including phenoxy) is 1. The van der Waals surface area contributed by atoms with E-state index in [4.69, 9.17) is 9.72 Å². The number of aryl methyl sites for hydroxylation is 2. The van der Waals surface area contributed by atoms with E-state index in [1.54, 1.807) is 23.4 Å². The minimum atomic E-state index is -0.943. The molecule has 4 heterocycles. The number of likely N-dealkylation sites (tertiary alicyclic amines) is 1. The van der Waals surface area contributed by atoms with Crippen molar-refractivity contribution < 1.29 is 19.4 Å². The zero-order chi connectivity index (χ0) is 22.5. The first-order valence-electron chi connectivity index (χ1n) is 11.3. The predicted octanol–water partition coefficient (Wildman–Crippen LogP) is 3.23. The largest absolute Gasteiger partial charge is 0.495 e. The molecule has 0 spiro atoms. The van der Waals surface area contributed by atoms with Crippen LogP contribution in [0, 0.1) is 5.92 Å². The number of anilines is 1. The molecule has 2 atom stereocenters. The quantitative estimate of drug-likeness (QED) is 0.619. The molecular formula is C24H30N4O4. The zero-order valence-corrected chi connectivity index (χ0v) is 18.4. The predicted molar refractivity (Wildman–Crippen MR) is 120 cm³/mol. The number of amides is 1. The summed E-state index contributed by atoms with van der Waals surface area (Å²) in [6.07, 6.45) is 8.47. The Labute approximate surface area is 188 Å². The van der Waals surface area contributed by atoms with Crippen LogP contribution in [-0.4, -0.2) is 52.1 Å². The summed E-state index contributed by atoms with van der Waals surface area (Å²) in [7, 11) is 1.54. The SMILES string of the molecule is COc1cncc(C(CC(=O)O)N2CCC(CCCc3ccc4c(n3)NCCC4)C2=O)c1. The smallest absolute Gasteiger partial charge is 0.305 e. The molecule has 2 unspecified atom stereocenters. The Morgan fingerprint density at radius 3 is 3.06 bits per heavy atom. The Morgan fingerprint density at radius 2 is 2.25 bits per heavy atom. The second-order valence-electron chi connectivity index (χ2n) is 8.52. The monoisotopic (exact) mass is 438 g/mol. The fourth-order valence-electron chi connectivity index (χ4n) is 4.68. The van der Waals surface area contributed by atoms with E-state index in [2.05, 4.69) is 22.4 Å². The highest BCUT2D eigenvalue weighted by atomic mass is 16.5. The van der Waals surface area contributed by atoms with Gasteiger partial charge in [-0.05, 0) is 61.8 Å². The van der Waals surface area contributed by atoms with E-state index < -0.39 is 12.0 Å². The van der Waals surface area contributed by atoms with Crippen molar-refractivity contribution in [2.75, 3.05) is 25.5 Å². The van der Waals surface area contributed by atoms with Crippen molar-refractivity contribution in [3.8, 4) is 5.75 Å². The van der Waals surface area contributed by atoms with Crippen molar-refractivity contribution in [1.29, 1.82) is 0 Å². The van der Waals surface area contributed by atoms with Crippen LogP contribution in [-0.2, 0) is 22.4 Å². The van der Waals surface area contributed by atoms with Crippen LogP contribution < -0.4 is 10.1 Å². The van der Waals surface area contributed by atoms with Crippen molar-refractivity contribution in [2.24, 2.45) is 5.92 Å². The molecule has 170 valence electrons. The third-order valence-electron chi connectivity index (χ3n) is 6.39. The summed E-state index contributed by atoms with van der Waals surface area (Å²) in [6.45, 7) is 1.52. The van der Waals surface area contributed by atoms with E-state index >= 15 is 0 Å². The van der Waals surface area contributed by atoms with Crippen LogP contribution in [0.5, 0.6) is 5.75 Å². The van der Waals surface area contributed by atoms with E-state index in [9.17, 15) is 14.7 Å². The first kappa shape index (κ1) is 22.0. The van der Waals surface area contributed by atoms with Gasteiger partial charge in [-0.2, -0.15) is 0 Å². The molecule has 1 saturated heterocycles. The minimum Gasteiger partial charge on any atom is -0.495 e. The lowest BCUT2D eigenvalue weighted by molar-refractivity contribution is -0.140. The average Bonchev–Trinajstić information content (AvgIpc) is 3.17. The second-order valence-corrected chi connectivity index (χ2v) is 8.52. The Kier molecular flexibility index (Phi) is 6.87. The maximum atomic E-state index is 13.1. The summed E-state index contributed by atoms with van der Waals surface area (Å²) < 4.78 is 5.23. The van der Waals surface area contributed by atoms with E-state index in [1.165, 1.54) is 12.7 Å². The number of nitrogens with one attached hydrogen (secondary N) is 1. The van der Waals surface area contributed by atoms with E-state index in [0.717, 1.165) is 56.6 Å². The van der Waals surface area contributed by atoms with E-state index in [1.807, 2.05) is 0 Å². The number of carboxylic acids is 1. The standard InChI is InChI=1S/C24H30N4O4/c1-32-20-12-18(14-25-15-20)21(13-22(29)30)28-11-9-17(24(28)31)4-2-6-19-8-7-16-5-3-10-26-23(16)27-19/h7-8,12,14-15,17,21H,2-6,9-11,13H2,1H3,(H,26,27)(H,29,30). The molecular weight excluding hydrogens is 408 g/mol. The molecule has 2 aromatic heterocycles. The molecule has 2 aliphatic heterocycles. The number of carbonyl (C=O) groups excluding carboxylic acids is 1. The fourth-order valence-corrected chi connectivity index (χ4v) is 4.68. The highest BCUT2D eigenvalue weighted by molar-refractivity contribution is 5.82. The lowest BCUT2D eigenvalue weighted by Crippen LogP contribution is -2.33. The number of carboxylic acid groups (broad SMARTS) is 1. The number of aliphatic carboxylic acids is 1. The number of rotatable bonds is 9. The summed E-state index contributed by atoms with van der Waals surface area (Å²) in [4.78, 5) is 35.2. The van der Waals surface area contributed by atoms with Crippen molar-refractivity contribution in [3.05, 3.63) is 47.4 Å². The molecule has 0 aromatic carbocycles. The molecule has 8 heteroatoms. The number of hydrogen-bond acceptors (Lipinski definition) is 6. The fraction of sp³-hybridized carbons (Fsp3) is 0.500. The van der Waals surface area contributed by atoms with E-state index in [0.29, 0.717) is 17.9 Å². The number of fused-ring (bicyclic) bond motifs is 1. The van der Waals surface area contributed by atoms with Gasteiger partial charge in [0, 0.05) is 30.9 Å². The molecule has 0 aliphatic carbocycles. The highest BCUT2D eigenvalue weighted by Gasteiger charge is 2.37. The molecule has 8 nitrogen and oxygen atoms in total. The van der Waals surface area contributed by atoms with Crippen molar-refractivity contribution in [2.45, 2.75) is 51.0 Å². The number of pyridine rings is 2. The molecule has 2 N–H and O–H groups in total. The third kappa shape index (κ3) is 5.00. The summed E-state index contributed by atoms with van der Waals surface area (Å²) in [5.41, 5.74) is 3.01. The van der Waals surface area contributed by atoms with Gasteiger partial charge >= 0.3 is 5.97 Å². The summed E-state index contributed by atoms with van der Waals surface area (Å²) >= 11 is 0.